The number of hydrogen-bond acceptors (Lipinski definition) is 1. The molecule has 0 aliphatic carbocycles. The fourth-order valence-corrected chi connectivity index (χ4v) is 2.64. The molecular weight excluding hydrogens is 224 g/mol. The van der Waals surface area contributed by atoms with Crippen molar-refractivity contribution in [2.45, 2.75) is 6.92 Å². The zero-order valence-electron chi connectivity index (χ0n) is 11.2. The normalized spacial score (nSPS) is 11.3. The van der Waals surface area contributed by atoms with E-state index in [0.717, 1.165) is 5.75 Å². The molecule has 0 atom stereocenters. The predicted molar refractivity (Wildman–Crippen MR) is 72.9 cm³/mol. The number of aryl methyl sites for hydroxylation is 3. The van der Waals surface area contributed by atoms with Crippen molar-refractivity contribution < 1.29 is 9.30 Å². The van der Waals surface area contributed by atoms with E-state index in [4.69, 9.17) is 4.74 Å². The molecule has 0 fully saturated rings. The molecular formula is C15H17N2O+. The standard InChI is InChI=1S/C15H17N2O/c1-10-15-13(7-8-16(10)2)12-6-5-11(18-4)9-14(12)17(15)3/h5-9H,1-4H3/q+1. The average molecular weight is 241 g/mol. The lowest BCUT2D eigenvalue weighted by molar-refractivity contribution is -0.676. The molecule has 0 bridgehead atoms. The van der Waals surface area contributed by atoms with Gasteiger partial charge in [0.2, 0.25) is 5.69 Å². The molecule has 0 unspecified atom stereocenters. The molecule has 0 amide bonds. The molecule has 0 aliphatic heterocycles. The first-order chi connectivity index (χ1) is 8.63. The Hall–Kier alpha value is -2.03. The van der Waals surface area contributed by atoms with Gasteiger partial charge in [0.15, 0.2) is 6.20 Å². The third-order valence-corrected chi connectivity index (χ3v) is 3.78. The SMILES string of the molecule is COc1ccc2c3cc[n+](C)c(C)c3n(C)c2c1. The first kappa shape index (κ1) is 11.1. The lowest BCUT2D eigenvalue weighted by atomic mass is 10.1. The quantitative estimate of drug-likeness (QED) is 0.599. The van der Waals surface area contributed by atoms with Crippen LogP contribution in [-0.4, -0.2) is 11.7 Å². The maximum Gasteiger partial charge on any atom is 0.202 e. The zero-order chi connectivity index (χ0) is 12.9. The number of ether oxygens (including phenoxy) is 1. The van der Waals surface area contributed by atoms with Crippen LogP contribution in [0.2, 0.25) is 0 Å². The van der Waals surface area contributed by atoms with E-state index in [2.05, 4.69) is 54.5 Å². The zero-order valence-corrected chi connectivity index (χ0v) is 11.2. The minimum atomic E-state index is 0.899. The first-order valence-electron chi connectivity index (χ1n) is 6.05. The average Bonchev–Trinajstić information content (AvgIpc) is 2.67. The van der Waals surface area contributed by atoms with E-state index in [1.165, 1.54) is 27.5 Å². The Morgan fingerprint density at radius 3 is 2.67 bits per heavy atom. The Morgan fingerprint density at radius 2 is 1.94 bits per heavy atom. The largest absolute Gasteiger partial charge is 0.497 e. The lowest BCUT2D eigenvalue weighted by Crippen LogP contribution is -2.31. The first-order valence-corrected chi connectivity index (χ1v) is 6.05. The van der Waals surface area contributed by atoms with Gasteiger partial charge >= 0.3 is 0 Å². The number of pyridine rings is 1. The Balaban J connectivity index is 2.53. The topological polar surface area (TPSA) is 18.0 Å². The van der Waals surface area contributed by atoms with Gasteiger partial charge in [0, 0.05) is 36.9 Å². The summed E-state index contributed by atoms with van der Waals surface area (Å²) in [6, 6.07) is 8.42. The molecule has 3 heteroatoms. The summed E-state index contributed by atoms with van der Waals surface area (Å²) in [5.74, 6) is 0.899. The third kappa shape index (κ3) is 1.33. The summed E-state index contributed by atoms with van der Waals surface area (Å²) >= 11 is 0. The fraction of sp³-hybridized carbons (Fsp3) is 0.267. The van der Waals surface area contributed by atoms with E-state index in [1.54, 1.807) is 7.11 Å². The Kier molecular flexibility index (Phi) is 2.30. The molecule has 0 spiro atoms. The molecule has 0 aliphatic rings. The molecule has 3 rings (SSSR count). The van der Waals surface area contributed by atoms with E-state index < -0.39 is 0 Å². The van der Waals surface area contributed by atoms with Crippen molar-refractivity contribution in [2.24, 2.45) is 14.1 Å². The van der Waals surface area contributed by atoms with E-state index in [-0.39, 0.29) is 0 Å². The number of benzene rings is 1. The van der Waals surface area contributed by atoms with Crippen molar-refractivity contribution in [2.75, 3.05) is 7.11 Å². The molecule has 18 heavy (non-hydrogen) atoms. The van der Waals surface area contributed by atoms with Crippen molar-refractivity contribution in [3.05, 3.63) is 36.2 Å². The summed E-state index contributed by atoms with van der Waals surface area (Å²) in [6.07, 6.45) is 2.11. The maximum absolute atomic E-state index is 5.31. The van der Waals surface area contributed by atoms with Gasteiger partial charge in [-0.2, -0.15) is 0 Å². The van der Waals surface area contributed by atoms with Gasteiger partial charge in [-0.15, -0.1) is 0 Å². The molecule has 3 aromatic rings. The molecule has 2 heterocycles. The summed E-state index contributed by atoms with van der Waals surface area (Å²) in [5, 5.41) is 2.57. The van der Waals surface area contributed by atoms with Gasteiger partial charge < -0.3 is 9.30 Å². The molecule has 0 saturated carbocycles. The van der Waals surface area contributed by atoms with Gasteiger partial charge in [0.05, 0.1) is 12.6 Å². The van der Waals surface area contributed by atoms with Crippen LogP contribution in [0.3, 0.4) is 0 Å². The van der Waals surface area contributed by atoms with Gasteiger partial charge in [-0.3, -0.25) is 0 Å². The van der Waals surface area contributed by atoms with Gasteiger partial charge in [-0.1, -0.05) is 0 Å². The van der Waals surface area contributed by atoms with Crippen LogP contribution < -0.4 is 9.30 Å². The number of hydrogen-bond donors (Lipinski definition) is 0. The predicted octanol–water partition coefficient (Wildman–Crippen LogP) is 2.47. The number of methoxy groups -OCH3 is 1. The van der Waals surface area contributed by atoms with E-state index in [0.29, 0.717) is 0 Å². The maximum atomic E-state index is 5.31. The second kappa shape index (κ2) is 3.73. The second-order valence-electron chi connectivity index (χ2n) is 4.72. The van der Waals surface area contributed by atoms with Crippen LogP contribution >= 0.6 is 0 Å². The monoisotopic (exact) mass is 241 g/mol. The third-order valence-electron chi connectivity index (χ3n) is 3.78. The van der Waals surface area contributed by atoms with E-state index in [9.17, 15) is 0 Å². The molecule has 92 valence electrons. The van der Waals surface area contributed by atoms with Gasteiger partial charge in [-0.25, -0.2) is 4.57 Å². The van der Waals surface area contributed by atoms with Crippen LogP contribution in [-0.2, 0) is 14.1 Å². The summed E-state index contributed by atoms with van der Waals surface area (Å²) < 4.78 is 9.70. The van der Waals surface area contributed by atoms with Crippen LogP contribution in [0.1, 0.15) is 5.69 Å². The summed E-state index contributed by atoms with van der Waals surface area (Å²) in [5.41, 5.74) is 3.76. The highest BCUT2D eigenvalue weighted by atomic mass is 16.5. The number of nitrogens with zero attached hydrogens (tertiary/aromatic N) is 2. The Morgan fingerprint density at radius 1 is 1.17 bits per heavy atom. The van der Waals surface area contributed by atoms with Crippen LogP contribution in [0.25, 0.3) is 21.8 Å². The van der Waals surface area contributed by atoms with Crippen LogP contribution in [0.4, 0.5) is 0 Å². The van der Waals surface area contributed by atoms with Crippen molar-refractivity contribution in [1.82, 2.24) is 4.57 Å². The Labute approximate surface area is 106 Å². The minimum Gasteiger partial charge on any atom is -0.497 e. The van der Waals surface area contributed by atoms with Crippen LogP contribution in [0.5, 0.6) is 5.75 Å². The van der Waals surface area contributed by atoms with Crippen molar-refractivity contribution >= 4 is 21.8 Å². The van der Waals surface area contributed by atoms with E-state index >= 15 is 0 Å². The molecule has 0 radical (unpaired) electrons. The van der Waals surface area contributed by atoms with Gasteiger partial charge in [0.1, 0.15) is 18.3 Å². The van der Waals surface area contributed by atoms with Crippen molar-refractivity contribution in [1.29, 1.82) is 0 Å². The smallest absolute Gasteiger partial charge is 0.202 e. The molecule has 1 aromatic carbocycles. The summed E-state index contributed by atoms with van der Waals surface area (Å²) in [7, 11) is 5.89. The molecule has 0 saturated heterocycles. The van der Waals surface area contributed by atoms with Crippen molar-refractivity contribution in [3.8, 4) is 5.75 Å². The van der Waals surface area contributed by atoms with E-state index in [1.807, 2.05) is 6.07 Å². The lowest BCUT2D eigenvalue weighted by Gasteiger charge is -2.01. The number of fused-ring (bicyclic) bond motifs is 3. The van der Waals surface area contributed by atoms with Crippen LogP contribution in [0.15, 0.2) is 30.5 Å². The molecule has 0 N–H and O–H groups in total. The highest BCUT2D eigenvalue weighted by molar-refractivity contribution is 6.08. The highest BCUT2D eigenvalue weighted by Crippen LogP contribution is 2.30. The fourth-order valence-electron chi connectivity index (χ4n) is 2.64. The number of rotatable bonds is 1. The second-order valence-corrected chi connectivity index (χ2v) is 4.72. The summed E-state index contributed by atoms with van der Waals surface area (Å²) in [4.78, 5) is 0. The minimum absolute atomic E-state index is 0.899. The highest BCUT2D eigenvalue weighted by Gasteiger charge is 2.15. The van der Waals surface area contributed by atoms with Crippen molar-refractivity contribution in [3.63, 3.8) is 0 Å². The summed E-state index contributed by atoms with van der Waals surface area (Å²) in [6.45, 7) is 2.15. The molecule has 3 nitrogen and oxygen atoms in total. The molecule has 2 aromatic heterocycles. The number of aromatic nitrogens is 2. The van der Waals surface area contributed by atoms with Gasteiger partial charge in [-0.05, 0) is 12.1 Å². The van der Waals surface area contributed by atoms with Crippen LogP contribution in [0, 0.1) is 6.92 Å². The Bertz CT molecular complexity index is 756. The van der Waals surface area contributed by atoms with Gasteiger partial charge in [0.25, 0.3) is 0 Å².